The Morgan fingerprint density at radius 1 is 1.18 bits per heavy atom. The maximum atomic E-state index is 13.1. The molecule has 6 heteroatoms. The fraction of sp³-hybridized carbons (Fsp3) is 0.375. The first-order valence-electron chi connectivity index (χ1n) is 6.98. The highest BCUT2D eigenvalue weighted by atomic mass is 35.5. The van der Waals surface area contributed by atoms with Crippen LogP contribution in [-0.2, 0) is 6.54 Å². The molecule has 0 radical (unpaired) electrons. The van der Waals surface area contributed by atoms with Crippen LogP contribution in [-0.4, -0.2) is 15.7 Å². The molecule has 0 saturated heterocycles. The van der Waals surface area contributed by atoms with E-state index in [1.165, 1.54) is 10.7 Å². The number of benzene rings is 1. The van der Waals surface area contributed by atoms with Gasteiger partial charge in [-0.25, -0.2) is 13.5 Å². The van der Waals surface area contributed by atoms with Crippen molar-refractivity contribution in [3.05, 3.63) is 51.8 Å². The summed E-state index contributed by atoms with van der Waals surface area (Å²) in [6.45, 7) is 1.95. The molecule has 0 bridgehead atoms. The lowest BCUT2D eigenvalue weighted by atomic mass is 9.67. The molecule has 0 amide bonds. The Kier molecular flexibility index (Phi) is 3.56. The van der Waals surface area contributed by atoms with Crippen molar-refractivity contribution in [2.75, 3.05) is 0 Å². The Morgan fingerprint density at radius 2 is 1.82 bits per heavy atom. The van der Waals surface area contributed by atoms with Gasteiger partial charge in [0.25, 0.3) is 5.56 Å². The molecular formula is C16H15ClF2N2O. The van der Waals surface area contributed by atoms with Crippen LogP contribution in [0.4, 0.5) is 8.78 Å². The van der Waals surface area contributed by atoms with E-state index in [4.69, 9.17) is 11.6 Å². The maximum absolute atomic E-state index is 13.1. The Hall–Kier alpha value is -1.75. The summed E-state index contributed by atoms with van der Waals surface area (Å²) >= 11 is 5.85. The van der Waals surface area contributed by atoms with E-state index in [1.54, 1.807) is 37.3 Å². The highest BCUT2D eigenvalue weighted by Gasteiger charge is 2.53. The third-order valence-electron chi connectivity index (χ3n) is 3.91. The molecule has 1 saturated carbocycles. The average Bonchev–Trinajstić information content (AvgIpc) is 2.40. The Morgan fingerprint density at radius 3 is 2.41 bits per heavy atom. The van der Waals surface area contributed by atoms with Crippen molar-refractivity contribution in [1.82, 2.24) is 9.78 Å². The monoisotopic (exact) mass is 324 g/mol. The maximum Gasteiger partial charge on any atom is 0.266 e. The van der Waals surface area contributed by atoms with Crippen molar-refractivity contribution < 1.29 is 8.78 Å². The van der Waals surface area contributed by atoms with Crippen molar-refractivity contribution in [2.45, 2.75) is 32.2 Å². The third kappa shape index (κ3) is 3.04. The van der Waals surface area contributed by atoms with Gasteiger partial charge in [0.1, 0.15) is 0 Å². The summed E-state index contributed by atoms with van der Waals surface area (Å²) in [6, 6.07) is 10.1. The van der Waals surface area contributed by atoms with Crippen molar-refractivity contribution >= 4 is 11.6 Å². The Bertz CT molecular complexity index is 747. The minimum Gasteiger partial charge on any atom is -0.268 e. The predicted molar refractivity (Wildman–Crippen MR) is 81.2 cm³/mol. The molecule has 3 nitrogen and oxygen atoms in total. The first-order valence-corrected chi connectivity index (χ1v) is 7.36. The molecule has 1 aromatic heterocycles. The zero-order chi connectivity index (χ0) is 16.0. The molecule has 1 aliphatic carbocycles. The van der Waals surface area contributed by atoms with Gasteiger partial charge in [0.2, 0.25) is 5.92 Å². The summed E-state index contributed by atoms with van der Waals surface area (Å²) in [5.74, 6) is -2.62. The van der Waals surface area contributed by atoms with E-state index in [-0.39, 0.29) is 24.9 Å². The predicted octanol–water partition coefficient (Wildman–Crippen LogP) is 4.00. The van der Waals surface area contributed by atoms with Crippen LogP contribution < -0.4 is 5.56 Å². The highest BCUT2D eigenvalue weighted by Crippen LogP contribution is 2.52. The van der Waals surface area contributed by atoms with Gasteiger partial charge in [0.15, 0.2) is 0 Å². The van der Waals surface area contributed by atoms with Crippen LogP contribution in [0.3, 0.4) is 0 Å². The van der Waals surface area contributed by atoms with Crippen LogP contribution >= 0.6 is 11.6 Å². The van der Waals surface area contributed by atoms with Crippen LogP contribution in [0.25, 0.3) is 11.3 Å². The van der Waals surface area contributed by atoms with Crippen molar-refractivity contribution in [3.8, 4) is 11.3 Å². The molecule has 1 heterocycles. The van der Waals surface area contributed by atoms with Crippen LogP contribution in [0.1, 0.15) is 19.8 Å². The molecule has 2 aromatic rings. The van der Waals surface area contributed by atoms with Crippen molar-refractivity contribution in [1.29, 1.82) is 0 Å². The Labute approximate surface area is 131 Å². The van der Waals surface area contributed by atoms with Gasteiger partial charge in [-0.3, -0.25) is 4.79 Å². The molecule has 1 aromatic carbocycles. The van der Waals surface area contributed by atoms with Gasteiger partial charge < -0.3 is 0 Å². The van der Waals surface area contributed by atoms with E-state index in [0.29, 0.717) is 10.7 Å². The lowest BCUT2D eigenvalue weighted by molar-refractivity contribution is -0.160. The molecule has 0 aliphatic heterocycles. The number of aromatic nitrogens is 2. The number of hydrogen-bond acceptors (Lipinski definition) is 2. The lowest BCUT2D eigenvalue weighted by Crippen LogP contribution is -2.48. The summed E-state index contributed by atoms with van der Waals surface area (Å²) in [7, 11) is 0. The Balaban J connectivity index is 1.88. The first-order chi connectivity index (χ1) is 10.3. The van der Waals surface area contributed by atoms with E-state index in [1.807, 2.05) is 0 Å². The molecule has 1 aliphatic rings. The molecule has 0 spiro atoms. The number of hydrogen-bond donors (Lipinski definition) is 0. The highest BCUT2D eigenvalue weighted by molar-refractivity contribution is 6.30. The van der Waals surface area contributed by atoms with Gasteiger partial charge >= 0.3 is 0 Å². The molecular weight excluding hydrogens is 310 g/mol. The van der Waals surface area contributed by atoms with Gasteiger partial charge in [-0.1, -0.05) is 30.7 Å². The van der Waals surface area contributed by atoms with E-state index in [2.05, 4.69) is 5.10 Å². The fourth-order valence-corrected chi connectivity index (χ4v) is 3.13. The summed E-state index contributed by atoms with van der Waals surface area (Å²) in [6.07, 6.45) is -0.418. The van der Waals surface area contributed by atoms with Crippen LogP contribution in [0, 0.1) is 5.41 Å². The quantitative estimate of drug-likeness (QED) is 0.855. The lowest BCUT2D eigenvalue weighted by Gasteiger charge is -2.44. The van der Waals surface area contributed by atoms with Gasteiger partial charge in [0.05, 0.1) is 12.2 Å². The number of halogens is 3. The number of nitrogens with zero attached hydrogens (tertiary/aromatic N) is 2. The fourth-order valence-electron chi connectivity index (χ4n) is 3.01. The molecule has 0 N–H and O–H groups in total. The smallest absolute Gasteiger partial charge is 0.266 e. The number of alkyl halides is 2. The molecule has 116 valence electrons. The number of rotatable bonds is 3. The summed E-state index contributed by atoms with van der Waals surface area (Å²) in [5, 5.41) is 4.92. The van der Waals surface area contributed by atoms with E-state index >= 15 is 0 Å². The molecule has 22 heavy (non-hydrogen) atoms. The molecule has 0 unspecified atom stereocenters. The minimum absolute atomic E-state index is 0.197. The largest absolute Gasteiger partial charge is 0.268 e. The average molecular weight is 325 g/mol. The second-order valence-electron chi connectivity index (χ2n) is 6.24. The van der Waals surface area contributed by atoms with E-state index in [0.717, 1.165) is 5.56 Å². The van der Waals surface area contributed by atoms with Crippen LogP contribution in [0.15, 0.2) is 41.2 Å². The molecule has 3 rings (SSSR count). The standard InChI is InChI=1S/C16H15ClF2N2O/c1-15(8-16(18,19)9-15)10-21-14(22)7-6-13(20-21)11-2-4-12(17)5-3-11/h2-7H,8-10H2,1H3. The van der Waals surface area contributed by atoms with Crippen LogP contribution in [0.5, 0.6) is 0 Å². The third-order valence-corrected chi connectivity index (χ3v) is 4.16. The van der Waals surface area contributed by atoms with Gasteiger partial charge in [-0.05, 0) is 23.6 Å². The van der Waals surface area contributed by atoms with Crippen molar-refractivity contribution in [2.24, 2.45) is 5.41 Å². The second kappa shape index (κ2) is 5.16. The second-order valence-corrected chi connectivity index (χ2v) is 6.68. The zero-order valence-electron chi connectivity index (χ0n) is 12.0. The SMILES string of the molecule is CC1(Cn2nc(-c3ccc(Cl)cc3)ccc2=O)CC(F)(F)C1. The zero-order valence-corrected chi connectivity index (χ0v) is 12.8. The summed E-state index contributed by atoms with van der Waals surface area (Å²) in [5.41, 5.74) is 0.571. The topological polar surface area (TPSA) is 34.9 Å². The minimum atomic E-state index is -2.62. The van der Waals surface area contributed by atoms with Gasteiger partial charge in [-0.15, -0.1) is 0 Å². The summed E-state index contributed by atoms with van der Waals surface area (Å²) in [4.78, 5) is 11.9. The first kappa shape index (κ1) is 15.2. The summed E-state index contributed by atoms with van der Waals surface area (Å²) < 4.78 is 27.5. The normalized spacial score (nSPS) is 18.7. The molecule has 0 atom stereocenters. The van der Waals surface area contributed by atoms with Gasteiger partial charge in [0, 0.05) is 29.5 Å². The van der Waals surface area contributed by atoms with Crippen LogP contribution in [0.2, 0.25) is 5.02 Å². The van der Waals surface area contributed by atoms with Gasteiger partial charge in [-0.2, -0.15) is 5.10 Å². The van der Waals surface area contributed by atoms with E-state index in [9.17, 15) is 13.6 Å². The van der Waals surface area contributed by atoms with E-state index < -0.39 is 11.3 Å². The molecule has 1 fully saturated rings. The van der Waals surface area contributed by atoms with Crippen molar-refractivity contribution in [3.63, 3.8) is 0 Å².